The number of fused-ring (bicyclic) bond motifs is 1. The van der Waals surface area contributed by atoms with Gasteiger partial charge in [0, 0.05) is 5.02 Å². The number of rotatable bonds is 8. The Labute approximate surface area is 213 Å². The highest BCUT2D eigenvalue weighted by atomic mass is 35.5. The van der Waals surface area contributed by atoms with Crippen molar-refractivity contribution in [3.63, 3.8) is 0 Å². The zero-order valence-electron chi connectivity index (χ0n) is 20.1. The van der Waals surface area contributed by atoms with Gasteiger partial charge in [0.2, 0.25) is 5.91 Å². The van der Waals surface area contributed by atoms with Gasteiger partial charge in [0.05, 0.1) is 16.6 Å². The number of hydrogen-bond donors (Lipinski definition) is 1. The molecule has 1 atom stereocenters. The highest BCUT2D eigenvalue weighted by Crippen LogP contribution is 2.29. The summed E-state index contributed by atoms with van der Waals surface area (Å²) >= 11 is 6.31. The van der Waals surface area contributed by atoms with E-state index in [9.17, 15) is 13.2 Å². The predicted octanol–water partition coefficient (Wildman–Crippen LogP) is 5.99. The maximum atomic E-state index is 13.6. The molecule has 0 saturated heterocycles. The maximum absolute atomic E-state index is 13.6. The van der Waals surface area contributed by atoms with Gasteiger partial charge in [0.15, 0.2) is 0 Å². The molecule has 1 aliphatic rings. The van der Waals surface area contributed by atoms with Crippen LogP contribution < -0.4 is 9.62 Å². The molecule has 7 heteroatoms. The molecule has 3 aromatic carbocycles. The third-order valence-corrected chi connectivity index (χ3v) is 8.78. The number of carbonyl (C=O) groups excluding carboxylic acids is 1. The lowest BCUT2D eigenvalue weighted by Crippen LogP contribution is -2.42. The van der Waals surface area contributed by atoms with Crippen LogP contribution in [-0.2, 0) is 27.7 Å². The SMILES string of the molecule is CC[C@H](NC(=O)CN(c1ccc(C)c(Cl)c1)S(=O)(=O)c1ccccc1)c1ccc2c(c1)CCCC2. The van der Waals surface area contributed by atoms with E-state index in [0.29, 0.717) is 17.1 Å². The number of benzene rings is 3. The fourth-order valence-electron chi connectivity index (χ4n) is 4.53. The number of hydrogen-bond acceptors (Lipinski definition) is 3. The lowest BCUT2D eigenvalue weighted by Gasteiger charge is -2.26. The van der Waals surface area contributed by atoms with E-state index in [2.05, 4.69) is 23.5 Å². The van der Waals surface area contributed by atoms with E-state index in [1.54, 1.807) is 36.4 Å². The molecular formula is C28H31ClN2O3S. The van der Waals surface area contributed by atoms with Gasteiger partial charge < -0.3 is 5.32 Å². The van der Waals surface area contributed by atoms with Crippen molar-refractivity contribution in [1.29, 1.82) is 0 Å². The molecule has 0 fully saturated rings. The van der Waals surface area contributed by atoms with Crippen molar-refractivity contribution in [3.8, 4) is 0 Å². The van der Waals surface area contributed by atoms with Crippen LogP contribution >= 0.6 is 11.6 Å². The third-order valence-electron chi connectivity index (χ3n) is 6.58. The van der Waals surface area contributed by atoms with Crippen LogP contribution in [-0.4, -0.2) is 20.9 Å². The summed E-state index contributed by atoms with van der Waals surface area (Å²) in [6.45, 7) is 3.51. The van der Waals surface area contributed by atoms with Crippen LogP contribution in [0.1, 0.15) is 54.5 Å². The molecule has 1 aliphatic carbocycles. The standard InChI is InChI=1S/C28H31ClN2O3S/c1-3-27(23-15-14-21-9-7-8-10-22(21)17-23)30-28(32)19-31(24-16-13-20(2)26(29)18-24)35(33,34)25-11-5-4-6-12-25/h4-6,11-18,27H,3,7-10,19H2,1-2H3,(H,30,32)/t27-/m0/s1. The van der Waals surface area contributed by atoms with Gasteiger partial charge in [-0.2, -0.15) is 0 Å². The van der Waals surface area contributed by atoms with Gasteiger partial charge in [-0.05, 0) is 85.5 Å². The van der Waals surface area contributed by atoms with Crippen molar-refractivity contribution in [2.45, 2.75) is 56.9 Å². The van der Waals surface area contributed by atoms with Crippen LogP contribution in [0.2, 0.25) is 5.02 Å². The van der Waals surface area contributed by atoms with Gasteiger partial charge in [0.25, 0.3) is 10.0 Å². The molecule has 0 saturated carbocycles. The minimum atomic E-state index is -3.98. The Morgan fingerprint density at radius 1 is 1.00 bits per heavy atom. The van der Waals surface area contributed by atoms with E-state index in [-0.39, 0.29) is 23.4 Å². The molecule has 35 heavy (non-hydrogen) atoms. The molecule has 184 valence electrons. The second kappa shape index (κ2) is 10.8. The van der Waals surface area contributed by atoms with E-state index >= 15 is 0 Å². The van der Waals surface area contributed by atoms with Crippen LogP contribution in [0.15, 0.2) is 71.6 Å². The Hall–Kier alpha value is -2.83. The fourth-order valence-corrected chi connectivity index (χ4v) is 6.14. The zero-order valence-corrected chi connectivity index (χ0v) is 21.7. The second-order valence-electron chi connectivity index (χ2n) is 9.02. The molecule has 4 rings (SSSR count). The monoisotopic (exact) mass is 510 g/mol. The number of carbonyl (C=O) groups is 1. The van der Waals surface area contributed by atoms with Crippen molar-refractivity contribution in [3.05, 3.63) is 94.0 Å². The third kappa shape index (κ3) is 5.71. The summed E-state index contributed by atoms with van der Waals surface area (Å²) in [4.78, 5) is 13.4. The van der Waals surface area contributed by atoms with E-state index in [0.717, 1.165) is 28.3 Å². The van der Waals surface area contributed by atoms with E-state index in [4.69, 9.17) is 11.6 Å². The zero-order chi connectivity index (χ0) is 25.0. The van der Waals surface area contributed by atoms with Crippen LogP contribution in [0.5, 0.6) is 0 Å². The van der Waals surface area contributed by atoms with Gasteiger partial charge in [-0.25, -0.2) is 8.42 Å². The van der Waals surface area contributed by atoms with E-state index < -0.39 is 10.0 Å². The Bertz CT molecular complexity index is 1310. The summed E-state index contributed by atoms with van der Waals surface area (Å²) in [7, 11) is -3.98. The summed E-state index contributed by atoms with van der Waals surface area (Å²) in [5, 5.41) is 3.50. The Morgan fingerprint density at radius 3 is 2.40 bits per heavy atom. The topological polar surface area (TPSA) is 66.5 Å². The summed E-state index contributed by atoms with van der Waals surface area (Å²) in [5.74, 6) is -0.370. The lowest BCUT2D eigenvalue weighted by molar-refractivity contribution is -0.120. The molecule has 0 unspecified atom stereocenters. The molecule has 0 spiro atoms. The van der Waals surface area contributed by atoms with Crippen molar-refractivity contribution in [2.24, 2.45) is 0 Å². The summed E-state index contributed by atoms with van der Waals surface area (Å²) in [5.41, 5.74) is 4.97. The number of aryl methyl sites for hydroxylation is 3. The highest BCUT2D eigenvalue weighted by molar-refractivity contribution is 7.92. The molecule has 0 radical (unpaired) electrons. The molecule has 0 aliphatic heterocycles. The van der Waals surface area contributed by atoms with Crippen LogP contribution in [0.3, 0.4) is 0 Å². The molecular weight excluding hydrogens is 480 g/mol. The quantitative estimate of drug-likeness (QED) is 0.404. The largest absolute Gasteiger partial charge is 0.348 e. The normalized spacial score (nSPS) is 14.1. The van der Waals surface area contributed by atoms with Gasteiger partial charge in [-0.1, -0.05) is 61.0 Å². The number of sulfonamides is 1. The number of amides is 1. The van der Waals surface area contributed by atoms with Gasteiger partial charge in [-0.3, -0.25) is 9.10 Å². The number of nitrogens with one attached hydrogen (secondary N) is 1. The Morgan fingerprint density at radius 2 is 1.71 bits per heavy atom. The van der Waals surface area contributed by atoms with Crippen LogP contribution in [0, 0.1) is 6.92 Å². The molecule has 3 aromatic rings. The highest BCUT2D eigenvalue weighted by Gasteiger charge is 2.28. The summed E-state index contributed by atoms with van der Waals surface area (Å²) in [6, 6.07) is 19.4. The number of halogens is 1. The van der Waals surface area contributed by atoms with E-state index in [1.807, 2.05) is 13.8 Å². The van der Waals surface area contributed by atoms with E-state index in [1.165, 1.54) is 36.1 Å². The molecule has 1 N–H and O–H groups in total. The van der Waals surface area contributed by atoms with Gasteiger partial charge in [-0.15, -0.1) is 0 Å². The van der Waals surface area contributed by atoms with Gasteiger partial charge in [0.1, 0.15) is 6.54 Å². The lowest BCUT2D eigenvalue weighted by atomic mass is 9.89. The average Bonchev–Trinajstić information content (AvgIpc) is 2.87. The van der Waals surface area contributed by atoms with Crippen molar-refractivity contribution in [1.82, 2.24) is 5.32 Å². The molecule has 5 nitrogen and oxygen atoms in total. The van der Waals surface area contributed by atoms with Crippen molar-refractivity contribution >= 4 is 33.2 Å². The van der Waals surface area contributed by atoms with Crippen LogP contribution in [0.4, 0.5) is 5.69 Å². The van der Waals surface area contributed by atoms with Gasteiger partial charge >= 0.3 is 0 Å². The maximum Gasteiger partial charge on any atom is 0.264 e. The Balaban J connectivity index is 1.61. The predicted molar refractivity (Wildman–Crippen MR) is 141 cm³/mol. The Kier molecular flexibility index (Phi) is 7.82. The second-order valence-corrected chi connectivity index (χ2v) is 11.3. The first-order chi connectivity index (χ1) is 16.8. The fraction of sp³-hybridized carbons (Fsp3) is 0.321. The molecule has 0 aromatic heterocycles. The molecule has 0 bridgehead atoms. The van der Waals surface area contributed by atoms with Crippen LogP contribution in [0.25, 0.3) is 0 Å². The average molecular weight is 511 g/mol. The van der Waals surface area contributed by atoms with Crippen molar-refractivity contribution in [2.75, 3.05) is 10.8 Å². The minimum absolute atomic E-state index is 0.117. The number of nitrogens with zero attached hydrogens (tertiary/aromatic N) is 1. The molecule has 0 heterocycles. The summed E-state index contributed by atoms with van der Waals surface area (Å²) in [6.07, 6.45) is 5.27. The smallest absolute Gasteiger partial charge is 0.264 e. The summed E-state index contributed by atoms with van der Waals surface area (Å²) < 4.78 is 28.2. The first kappa shape index (κ1) is 25.3. The van der Waals surface area contributed by atoms with Crippen molar-refractivity contribution < 1.29 is 13.2 Å². The number of anilines is 1. The first-order valence-electron chi connectivity index (χ1n) is 12.0. The molecule has 1 amide bonds. The minimum Gasteiger partial charge on any atom is -0.348 e. The first-order valence-corrected chi connectivity index (χ1v) is 13.9.